The van der Waals surface area contributed by atoms with E-state index < -0.39 is 23.9 Å². The first-order valence-corrected chi connectivity index (χ1v) is 6.43. The molecule has 5 heteroatoms. The molecule has 0 spiro atoms. The average molecular weight is 275 g/mol. The standard InChI is InChI=1S/C14H20F3NO/c1-3-11(19)8-9-18-10(2)12-6-4-5-7-13(12)14(15,16)17/h4-7,10-11,18-19H,3,8-9H2,1-2H3. The molecule has 1 aromatic carbocycles. The SMILES string of the molecule is CCC(O)CCNC(C)c1ccccc1C(F)(F)F. The van der Waals surface area contributed by atoms with Gasteiger partial charge in [-0.3, -0.25) is 0 Å². The highest BCUT2D eigenvalue weighted by Gasteiger charge is 2.33. The van der Waals surface area contributed by atoms with E-state index in [9.17, 15) is 18.3 Å². The molecule has 19 heavy (non-hydrogen) atoms. The number of nitrogens with one attached hydrogen (secondary N) is 1. The lowest BCUT2D eigenvalue weighted by atomic mass is 10.0. The molecule has 108 valence electrons. The third kappa shape index (κ3) is 4.84. The second-order valence-corrected chi connectivity index (χ2v) is 4.61. The fourth-order valence-corrected chi connectivity index (χ4v) is 1.91. The molecule has 0 amide bonds. The van der Waals surface area contributed by atoms with Crippen LogP contribution in [0.15, 0.2) is 24.3 Å². The monoisotopic (exact) mass is 275 g/mol. The van der Waals surface area contributed by atoms with Crippen LogP contribution in [0, 0.1) is 0 Å². The van der Waals surface area contributed by atoms with Crippen molar-refractivity contribution in [2.75, 3.05) is 6.54 Å². The van der Waals surface area contributed by atoms with E-state index in [4.69, 9.17) is 0 Å². The van der Waals surface area contributed by atoms with Crippen molar-refractivity contribution in [3.05, 3.63) is 35.4 Å². The molecule has 2 atom stereocenters. The van der Waals surface area contributed by atoms with Crippen molar-refractivity contribution >= 4 is 0 Å². The second kappa shape index (κ2) is 6.91. The summed E-state index contributed by atoms with van der Waals surface area (Å²) in [4.78, 5) is 0. The molecule has 0 aliphatic rings. The molecule has 2 N–H and O–H groups in total. The maximum Gasteiger partial charge on any atom is 0.416 e. The van der Waals surface area contributed by atoms with E-state index in [1.165, 1.54) is 12.1 Å². The average Bonchev–Trinajstić information content (AvgIpc) is 2.37. The maximum atomic E-state index is 12.8. The van der Waals surface area contributed by atoms with Crippen molar-refractivity contribution in [2.24, 2.45) is 0 Å². The van der Waals surface area contributed by atoms with Gasteiger partial charge in [0.2, 0.25) is 0 Å². The molecule has 0 aromatic heterocycles. The molecule has 0 aliphatic heterocycles. The number of halogens is 3. The Hall–Kier alpha value is -1.07. The molecule has 0 saturated heterocycles. The smallest absolute Gasteiger partial charge is 0.393 e. The predicted molar refractivity (Wildman–Crippen MR) is 68.8 cm³/mol. The fourth-order valence-electron chi connectivity index (χ4n) is 1.91. The van der Waals surface area contributed by atoms with Crippen molar-refractivity contribution in [3.63, 3.8) is 0 Å². The molecule has 0 bridgehead atoms. The Morgan fingerprint density at radius 1 is 1.26 bits per heavy atom. The van der Waals surface area contributed by atoms with Crippen LogP contribution in [0.25, 0.3) is 0 Å². The Kier molecular flexibility index (Phi) is 5.82. The van der Waals surface area contributed by atoms with E-state index in [1.54, 1.807) is 13.0 Å². The number of aliphatic hydroxyl groups excluding tert-OH is 1. The van der Waals surface area contributed by atoms with Crippen LogP contribution in [-0.4, -0.2) is 17.8 Å². The van der Waals surface area contributed by atoms with Gasteiger partial charge in [-0.2, -0.15) is 13.2 Å². The van der Waals surface area contributed by atoms with Gasteiger partial charge in [0, 0.05) is 6.04 Å². The molecule has 2 nitrogen and oxygen atoms in total. The van der Waals surface area contributed by atoms with Crippen LogP contribution in [0.2, 0.25) is 0 Å². The zero-order valence-corrected chi connectivity index (χ0v) is 11.2. The van der Waals surface area contributed by atoms with Gasteiger partial charge in [-0.25, -0.2) is 0 Å². The van der Waals surface area contributed by atoms with E-state index in [2.05, 4.69) is 5.32 Å². The van der Waals surface area contributed by atoms with Crippen LogP contribution in [-0.2, 0) is 6.18 Å². The molecule has 1 aromatic rings. The quantitative estimate of drug-likeness (QED) is 0.832. The Morgan fingerprint density at radius 3 is 2.47 bits per heavy atom. The van der Waals surface area contributed by atoms with E-state index in [0.29, 0.717) is 19.4 Å². The normalized spacial score (nSPS) is 15.3. The Labute approximate surface area is 111 Å². The minimum absolute atomic E-state index is 0.237. The number of hydrogen-bond acceptors (Lipinski definition) is 2. The van der Waals surface area contributed by atoms with Crippen molar-refractivity contribution < 1.29 is 18.3 Å². The summed E-state index contributed by atoms with van der Waals surface area (Å²) in [5.41, 5.74) is -0.368. The lowest BCUT2D eigenvalue weighted by Gasteiger charge is -2.20. The minimum Gasteiger partial charge on any atom is -0.393 e. The van der Waals surface area contributed by atoms with E-state index in [1.807, 2.05) is 6.92 Å². The summed E-state index contributed by atoms with van der Waals surface area (Å²) in [5.74, 6) is 0. The molecule has 0 saturated carbocycles. The van der Waals surface area contributed by atoms with Gasteiger partial charge in [0.25, 0.3) is 0 Å². The lowest BCUT2D eigenvalue weighted by molar-refractivity contribution is -0.138. The van der Waals surface area contributed by atoms with Crippen molar-refractivity contribution in [3.8, 4) is 0 Å². The van der Waals surface area contributed by atoms with Crippen LogP contribution >= 0.6 is 0 Å². The summed E-state index contributed by atoms with van der Waals surface area (Å²) in [6, 6.07) is 5.16. The first-order valence-electron chi connectivity index (χ1n) is 6.43. The first kappa shape index (κ1) is 16.0. The van der Waals surface area contributed by atoms with Crippen LogP contribution in [0.1, 0.15) is 43.9 Å². The van der Waals surface area contributed by atoms with E-state index >= 15 is 0 Å². The Bertz CT molecular complexity index is 393. The Morgan fingerprint density at radius 2 is 1.89 bits per heavy atom. The third-order valence-electron chi connectivity index (χ3n) is 3.13. The van der Waals surface area contributed by atoms with Gasteiger partial charge in [-0.05, 0) is 37.9 Å². The number of benzene rings is 1. The van der Waals surface area contributed by atoms with Gasteiger partial charge < -0.3 is 10.4 Å². The molecule has 1 rings (SSSR count). The number of aliphatic hydroxyl groups is 1. The molecule has 0 aliphatic carbocycles. The summed E-state index contributed by atoms with van der Waals surface area (Å²) < 4.78 is 38.5. The van der Waals surface area contributed by atoms with Crippen molar-refractivity contribution in [2.45, 2.75) is 45.0 Å². The molecule has 2 unspecified atom stereocenters. The largest absolute Gasteiger partial charge is 0.416 e. The molecule has 0 fully saturated rings. The van der Waals surface area contributed by atoms with Crippen LogP contribution in [0.4, 0.5) is 13.2 Å². The molecular weight excluding hydrogens is 255 g/mol. The van der Waals surface area contributed by atoms with E-state index in [0.717, 1.165) is 6.07 Å². The van der Waals surface area contributed by atoms with Crippen LogP contribution in [0.5, 0.6) is 0 Å². The van der Waals surface area contributed by atoms with Gasteiger partial charge in [-0.15, -0.1) is 0 Å². The first-order chi connectivity index (χ1) is 8.86. The summed E-state index contributed by atoms with van der Waals surface area (Å²) in [7, 11) is 0. The second-order valence-electron chi connectivity index (χ2n) is 4.61. The minimum atomic E-state index is -4.34. The van der Waals surface area contributed by atoms with Gasteiger partial charge in [-0.1, -0.05) is 25.1 Å². The van der Waals surface area contributed by atoms with E-state index in [-0.39, 0.29) is 5.56 Å². The van der Waals surface area contributed by atoms with Crippen LogP contribution < -0.4 is 5.32 Å². The predicted octanol–water partition coefficient (Wildman–Crippen LogP) is 3.52. The maximum absolute atomic E-state index is 12.8. The van der Waals surface area contributed by atoms with Crippen molar-refractivity contribution in [1.29, 1.82) is 0 Å². The zero-order chi connectivity index (χ0) is 14.5. The van der Waals surface area contributed by atoms with Gasteiger partial charge >= 0.3 is 6.18 Å². The van der Waals surface area contributed by atoms with Crippen molar-refractivity contribution in [1.82, 2.24) is 5.32 Å². The number of rotatable bonds is 6. The zero-order valence-electron chi connectivity index (χ0n) is 11.2. The summed E-state index contributed by atoms with van der Waals surface area (Å²) in [6.07, 6.45) is -3.56. The topological polar surface area (TPSA) is 32.3 Å². The Balaban J connectivity index is 2.69. The summed E-state index contributed by atoms with van der Waals surface area (Å²) >= 11 is 0. The highest BCUT2D eigenvalue weighted by Crippen LogP contribution is 2.34. The van der Waals surface area contributed by atoms with Gasteiger partial charge in [0.15, 0.2) is 0 Å². The molecular formula is C14H20F3NO. The number of hydrogen-bond donors (Lipinski definition) is 2. The molecule has 0 radical (unpaired) electrons. The number of alkyl halides is 3. The van der Waals surface area contributed by atoms with Gasteiger partial charge in [0.05, 0.1) is 11.7 Å². The van der Waals surface area contributed by atoms with Gasteiger partial charge in [0.1, 0.15) is 0 Å². The highest BCUT2D eigenvalue weighted by atomic mass is 19.4. The molecule has 0 heterocycles. The summed E-state index contributed by atoms with van der Waals surface area (Å²) in [6.45, 7) is 4.05. The third-order valence-corrected chi connectivity index (χ3v) is 3.13. The van der Waals surface area contributed by atoms with Crippen LogP contribution in [0.3, 0.4) is 0 Å². The highest BCUT2D eigenvalue weighted by molar-refractivity contribution is 5.31. The fraction of sp³-hybridized carbons (Fsp3) is 0.571. The summed E-state index contributed by atoms with van der Waals surface area (Å²) in [5, 5.41) is 12.4. The lowest BCUT2D eigenvalue weighted by Crippen LogP contribution is -2.25.